The highest BCUT2D eigenvalue weighted by atomic mass is 16.3. The fourth-order valence-electron chi connectivity index (χ4n) is 4.10. The predicted octanol–water partition coefficient (Wildman–Crippen LogP) is 2.98. The summed E-state index contributed by atoms with van der Waals surface area (Å²) < 4.78 is 5.82. The molecule has 6 nitrogen and oxygen atoms in total. The van der Waals surface area contributed by atoms with Crippen molar-refractivity contribution in [2.75, 3.05) is 13.1 Å². The number of likely N-dealkylation sites (tertiary alicyclic amines) is 2. The molecule has 1 saturated carbocycles. The van der Waals surface area contributed by atoms with Gasteiger partial charge in [-0.3, -0.25) is 4.79 Å². The van der Waals surface area contributed by atoms with Crippen molar-refractivity contribution in [3.8, 4) is 0 Å². The van der Waals surface area contributed by atoms with Crippen LogP contribution in [0.5, 0.6) is 0 Å². The van der Waals surface area contributed by atoms with E-state index in [-0.39, 0.29) is 24.0 Å². The Labute approximate surface area is 148 Å². The van der Waals surface area contributed by atoms with Gasteiger partial charge in [-0.1, -0.05) is 12.8 Å². The smallest absolute Gasteiger partial charge is 0.318 e. The minimum Gasteiger partial charge on any atom is -0.464 e. The van der Waals surface area contributed by atoms with Crippen LogP contribution >= 0.6 is 0 Å². The largest absolute Gasteiger partial charge is 0.464 e. The van der Waals surface area contributed by atoms with Crippen molar-refractivity contribution in [2.45, 2.75) is 70.0 Å². The van der Waals surface area contributed by atoms with Crippen molar-refractivity contribution in [3.05, 3.63) is 23.7 Å². The van der Waals surface area contributed by atoms with Gasteiger partial charge in [-0.25, -0.2) is 4.79 Å². The number of hydrogen-bond acceptors (Lipinski definition) is 3. The van der Waals surface area contributed by atoms with Gasteiger partial charge in [-0.05, 0) is 44.7 Å². The maximum Gasteiger partial charge on any atom is 0.318 e. The van der Waals surface area contributed by atoms with E-state index in [1.165, 1.54) is 0 Å². The van der Waals surface area contributed by atoms with Crippen LogP contribution in [0.15, 0.2) is 16.5 Å². The lowest BCUT2D eigenvalue weighted by Gasteiger charge is -2.30. The molecule has 0 aromatic carbocycles. The first-order chi connectivity index (χ1) is 12.1. The first-order valence-electron chi connectivity index (χ1n) is 9.55. The zero-order valence-corrected chi connectivity index (χ0v) is 14.9. The van der Waals surface area contributed by atoms with E-state index in [0.717, 1.165) is 56.6 Å². The molecule has 0 spiro atoms. The highest BCUT2D eigenvalue weighted by molar-refractivity contribution is 5.82. The Morgan fingerprint density at radius 1 is 1.20 bits per heavy atom. The lowest BCUT2D eigenvalue weighted by atomic mass is 10.1. The molecule has 3 amide bonds. The molecule has 25 heavy (non-hydrogen) atoms. The fraction of sp³-hybridized carbons (Fsp3) is 0.684. The van der Waals surface area contributed by atoms with Gasteiger partial charge in [0.15, 0.2) is 0 Å². The van der Waals surface area contributed by atoms with Crippen LogP contribution in [0.2, 0.25) is 0 Å². The monoisotopic (exact) mass is 345 g/mol. The second-order valence-electron chi connectivity index (χ2n) is 7.63. The molecule has 1 N–H and O–H groups in total. The predicted molar refractivity (Wildman–Crippen MR) is 93.0 cm³/mol. The van der Waals surface area contributed by atoms with Gasteiger partial charge in [0, 0.05) is 25.6 Å². The van der Waals surface area contributed by atoms with Gasteiger partial charge in [-0.15, -0.1) is 0 Å². The van der Waals surface area contributed by atoms with E-state index in [0.29, 0.717) is 19.0 Å². The third-order valence-electron chi connectivity index (χ3n) is 5.58. The van der Waals surface area contributed by atoms with Crippen LogP contribution in [0.25, 0.3) is 0 Å². The van der Waals surface area contributed by atoms with Crippen molar-refractivity contribution in [3.63, 3.8) is 0 Å². The Hall–Kier alpha value is -1.98. The Bertz CT molecular complexity index is 652. The van der Waals surface area contributed by atoms with Crippen molar-refractivity contribution >= 4 is 11.9 Å². The second kappa shape index (κ2) is 6.73. The van der Waals surface area contributed by atoms with E-state index < -0.39 is 0 Å². The van der Waals surface area contributed by atoms with Crippen molar-refractivity contribution in [1.82, 2.24) is 15.1 Å². The molecule has 3 aliphatic rings. The Kier molecular flexibility index (Phi) is 4.44. The lowest BCUT2D eigenvalue weighted by Crippen LogP contribution is -2.47. The van der Waals surface area contributed by atoms with Crippen LogP contribution in [-0.2, 0) is 4.79 Å². The Balaban J connectivity index is 1.44. The highest BCUT2D eigenvalue weighted by Gasteiger charge is 2.40. The second-order valence-corrected chi connectivity index (χ2v) is 7.63. The van der Waals surface area contributed by atoms with Gasteiger partial charge in [0.1, 0.15) is 11.5 Å². The third-order valence-corrected chi connectivity index (χ3v) is 5.58. The fourth-order valence-corrected chi connectivity index (χ4v) is 4.10. The minimum atomic E-state index is -0.0668. The molecular formula is C19H27N3O3. The molecule has 0 radical (unpaired) electrons. The van der Waals surface area contributed by atoms with Crippen molar-refractivity contribution in [1.29, 1.82) is 0 Å². The standard InChI is InChI=1S/C19H27N3O3/c1-13-6-9-17(25-13)16-5-3-2-4-10-21(16)19(24)20-14-11-18(23)22(12-14)15-7-8-15/h6,9,14-16H,2-5,7-8,10-12H2,1H3,(H,20,24). The van der Waals surface area contributed by atoms with Crippen LogP contribution in [0.1, 0.15) is 62.5 Å². The minimum absolute atomic E-state index is 0.00663. The normalized spacial score (nSPS) is 27.5. The molecule has 1 aromatic rings. The summed E-state index contributed by atoms with van der Waals surface area (Å²) in [6.45, 7) is 3.33. The zero-order valence-electron chi connectivity index (χ0n) is 14.9. The topological polar surface area (TPSA) is 65.8 Å². The summed E-state index contributed by atoms with van der Waals surface area (Å²) >= 11 is 0. The number of nitrogens with zero attached hydrogens (tertiary/aromatic N) is 2. The number of carbonyl (C=O) groups is 2. The van der Waals surface area contributed by atoms with Gasteiger partial charge in [-0.2, -0.15) is 0 Å². The van der Waals surface area contributed by atoms with E-state index in [1.54, 1.807) is 0 Å². The number of nitrogens with one attached hydrogen (secondary N) is 1. The van der Waals surface area contributed by atoms with Crippen LogP contribution < -0.4 is 5.32 Å². The summed E-state index contributed by atoms with van der Waals surface area (Å²) in [7, 11) is 0. The summed E-state index contributed by atoms with van der Waals surface area (Å²) in [4.78, 5) is 28.9. The average Bonchev–Trinajstić information content (AvgIpc) is 3.30. The quantitative estimate of drug-likeness (QED) is 0.916. The maximum atomic E-state index is 12.9. The Morgan fingerprint density at radius 2 is 2.04 bits per heavy atom. The van der Waals surface area contributed by atoms with Crippen LogP contribution in [0.4, 0.5) is 4.79 Å². The molecule has 2 unspecified atom stereocenters. The number of aryl methyl sites for hydroxylation is 1. The van der Waals surface area contributed by atoms with Gasteiger partial charge < -0.3 is 19.5 Å². The Morgan fingerprint density at radius 3 is 2.76 bits per heavy atom. The van der Waals surface area contributed by atoms with Gasteiger partial charge >= 0.3 is 6.03 Å². The molecule has 1 aliphatic carbocycles. The maximum absolute atomic E-state index is 12.9. The number of urea groups is 1. The summed E-state index contributed by atoms with van der Waals surface area (Å²) in [5.74, 6) is 1.93. The van der Waals surface area contributed by atoms with Gasteiger partial charge in [0.05, 0.1) is 12.1 Å². The molecule has 0 bridgehead atoms. The van der Waals surface area contributed by atoms with E-state index in [1.807, 2.05) is 28.9 Å². The van der Waals surface area contributed by atoms with E-state index in [9.17, 15) is 9.59 Å². The summed E-state index contributed by atoms with van der Waals surface area (Å²) in [5, 5.41) is 3.11. The summed E-state index contributed by atoms with van der Waals surface area (Å²) in [6.07, 6.45) is 6.83. The summed E-state index contributed by atoms with van der Waals surface area (Å²) in [5.41, 5.74) is 0. The number of furan rings is 1. The highest BCUT2D eigenvalue weighted by Crippen LogP contribution is 2.33. The molecular weight excluding hydrogens is 318 g/mol. The molecule has 2 atom stereocenters. The van der Waals surface area contributed by atoms with E-state index in [2.05, 4.69) is 5.32 Å². The molecule has 4 rings (SSSR count). The molecule has 2 saturated heterocycles. The third kappa shape index (κ3) is 3.53. The molecule has 3 fully saturated rings. The number of hydrogen-bond donors (Lipinski definition) is 1. The van der Waals surface area contributed by atoms with Crippen LogP contribution in [0, 0.1) is 6.92 Å². The lowest BCUT2D eigenvalue weighted by molar-refractivity contribution is -0.128. The van der Waals surface area contributed by atoms with Crippen molar-refractivity contribution in [2.24, 2.45) is 0 Å². The number of rotatable bonds is 3. The molecule has 3 heterocycles. The van der Waals surface area contributed by atoms with Crippen LogP contribution in [0.3, 0.4) is 0 Å². The van der Waals surface area contributed by atoms with E-state index in [4.69, 9.17) is 4.42 Å². The van der Waals surface area contributed by atoms with E-state index >= 15 is 0 Å². The van der Waals surface area contributed by atoms with Gasteiger partial charge in [0.2, 0.25) is 5.91 Å². The summed E-state index contributed by atoms with van der Waals surface area (Å²) in [6, 6.07) is 4.23. The molecule has 2 aliphatic heterocycles. The SMILES string of the molecule is Cc1ccc(C2CCCCCN2C(=O)NC2CC(=O)N(C3CC3)C2)o1. The first kappa shape index (κ1) is 16.5. The number of carbonyl (C=O) groups excluding carboxylic acids is 2. The molecule has 1 aromatic heterocycles. The van der Waals surface area contributed by atoms with Crippen molar-refractivity contribution < 1.29 is 14.0 Å². The molecule has 6 heteroatoms. The van der Waals surface area contributed by atoms with Crippen LogP contribution in [-0.4, -0.2) is 46.9 Å². The number of amides is 3. The zero-order chi connectivity index (χ0) is 17.4. The first-order valence-corrected chi connectivity index (χ1v) is 9.55. The van der Waals surface area contributed by atoms with Gasteiger partial charge in [0.25, 0.3) is 0 Å². The molecule has 136 valence electrons. The average molecular weight is 345 g/mol.